The van der Waals surface area contributed by atoms with Crippen molar-refractivity contribution in [2.75, 3.05) is 13.0 Å². The first kappa shape index (κ1) is 12.7. The van der Waals surface area contributed by atoms with E-state index in [0.29, 0.717) is 5.92 Å². The van der Waals surface area contributed by atoms with Gasteiger partial charge in [-0.2, -0.15) is 0 Å². The number of alkyl halides is 1. The molecular weight excluding hydrogens is 190 g/mol. The molecule has 0 aromatic heterocycles. The first-order valence-electron chi connectivity index (χ1n) is 4.41. The third kappa shape index (κ3) is 3.53. The normalized spacial score (nSPS) is 27.5. The molecule has 3 nitrogen and oxygen atoms in total. The maximum Gasteiger partial charge on any atom is 0.308 e. The van der Waals surface area contributed by atoms with Gasteiger partial charge in [0.1, 0.15) is 0 Å². The zero-order valence-corrected chi connectivity index (χ0v) is 8.85. The van der Waals surface area contributed by atoms with Crippen LogP contribution in [0.5, 0.6) is 0 Å². The lowest BCUT2D eigenvalue weighted by Crippen LogP contribution is -2.23. The molecule has 0 aromatic carbocycles. The van der Waals surface area contributed by atoms with Gasteiger partial charge in [-0.3, -0.25) is 4.79 Å². The average Bonchev–Trinajstić information content (AvgIpc) is 2.17. The molecule has 1 aliphatic carbocycles. The molecule has 78 valence electrons. The zero-order valence-electron chi connectivity index (χ0n) is 8.09. The second-order valence-corrected chi connectivity index (χ2v) is 3.70. The Balaban J connectivity index is 0.00000144. The van der Waals surface area contributed by atoms with Crippen molar-refractivity contribution < 1.29 is 9.53 Å². The summed E-state index contributed by atoms with van der Waals surface area (Å²) in [5, 5.41) is 0. The molecule has 0 aromatic rings. The van der Waals surface area contributed by atoms with Gasteiger partial charge in [0.25, 0.3) is 0 Å². The van der Waals surface area contributed by atoms with Gasteiger partial charge in [0.05, 0.1) is 13.0 Å². The van der Waals surface area contributed by atoms with Gasteiger partial charge in [-0.05, 0) is 31.6 Å². The molecule has 0 spiro atoms. The predicted molar refractivity (Wildman–Crippen MR) is 53.2 cm³/mol. The summed E-state index contributed by atoms with van der Waals surface area (Å²) in [4.78, 5) is 11.1. The van der Waals surface area contributed by atoms with E-state index in [1.165, 1.54) is 7.11 Å². The van der Waals surface area contributed by atoms with Crippen molar-refractivity contribution in [3.63, 3.8) is 0 Å². The summed E-state index contributed by atoms with van der Waals surface area (Å²) < 4.78 is 4.69. The van der Waals surface area contributed by atoms with Gasteiger partial charge in [0.2, 0.25) is 0 Å². The van der Waals surface area contributed by atoms with Crippen LogP contribution in [0.25, 0.3) is 0 Å². The number of carbonyl (C=O) groups is 1. The molecule has 1 aliphatic rings. The molecule has 0 saturated heterocycles. The standard InChI is InChI=1S/C9H15ClO2.H3N/c1-12-9(11)8-4-2-7(6-10)3-5-8;/h7-8H,2-6H2,1H3;1H3. The number of hydrogen-bond acceptors (Lipinski definition) is 3. The Hall–Kier alpha value is -0.280. The van der Waals surface area contributed by atoms with E-state index < -0.39 is 0 Å². The summed E-state index contributed by atoms with van der Waals surface area (Å²) >= 11 is 5.73. The van der Waals surface area contributed by atoms with Crippen LogP contribution in [0.15, 0.2) is 0 Å². The van der Waals surface area contributed by atoms with Crippen LogP contribution in [0.2, 0.25) is 0 Å². The van der Waals surface area contributed by atoms with E-state index in [1.54, 1.807) is 0 Å². The molecule has 1 fully saturated rings. The maximum atomic E-state index is 11.1. The number of ether oxygens (including phenoxy) is 1. The molecule has 0 amide bonds. The van der Waals surface area contributed by atoms with E-state index in [0.717, 1.165) is 31.6 Å². The largest absolute Gasteiger partial charge is 0.469 e. The molecule has 0 bridgehead atoms. The van der Waals surface area contributed by atoms with Crippen molar-refractivity contribution >= 4 is 17.6 Å². The van der Waals surface area contributed by atoms with Gasteiger partial charge in [0, 0.05) is 5.88 Å². The van der Waals surface area contributed by atoms with Gasteiger partial charge in [0.15, 0.2) is 0 Å². The minimum atomic E-state index is -0.0528. The number of hydrogen-bond donors (Lipinski definition) is 1. The first-order chi connectivity index (χ1) is 5.77. The molecule has 0 aliphatic heterocycles. The third-order valence-corrected chi connectivity index (χ3v) is 3.04. The van der Waals surface area contributed by atoms with Crippen LogP contribution in [0.1, 0.15) is 25.7 Å². The van der Waals surface area contributed by atoms with Crippen molar-refractivity contribution in [2.24, 2.45) is 11.8 Å². The van der Waals surface area contributed by atoms with Crippen molar-refractivity contribution in [3.05, 3.63) is 0 Å². The van der Waals surface area contributed by atoms with Gasteiger partial charge in [-0.25, -0.2) is 0 Å². The van der Waals surface area contributed by atoms with Crippen LogP contribution < -0.4 is 6.15 Å². The molecule has 1 rings (SSSR count). The van der Waals surface area contributed by atoms with Crippen LogP contribution in [0.3, 0.4) is 0 Å². The van der Waals surface area contributed by atoms with Crippen molar-refractivity contribution in [1.82, 2.24) is 6.15 Å². The summed E-state index contributed by atoms with van der Waals surface area (Å²) in [5.41, 5.74) is 0. The Bertz CT molecular complexity index is 156. The smallest absolute Gasteiger partial charge is 0.308 e. The van der Waals surface area contributed by atoms with Gasteiger partial charge in [-0.1, -0.05) is 0 Å². The van der Waals surface area contributed by atoms with Crippen LogP contribution in [-0.2, 0) is 9.53 Å². The van der Waals surface area contributed by atoms with E-state index in [4.69, 9.17) is 11.6 Å². The fraction of sp³-hybridized carbons (Fsp3) is 0.889. The van der Waals surface area contributed by atoms with Gasteiger partial charge >= 0.3 is 5.97 Å². The van der Waals surface area contributed by atoms with E-state index in [9.17, 15) is 4.79 Å². The Labute approximate surface area is 84.4 Å². The van der Waals surface area contributed by atoms with E-state index in [1.807, 2.05) is 0 Å². The fourth-order valence-electron chi connectivity index (χ4n) is 1.72. The van der Waals surface area contributed by atoms with E-state index in [-0.39, 0.29) is 18.0 Å². The minimum Gasteiger partial charge on any atom is -0.469 e. The Morgan fingerprint density at radius 2 is 1.92 bits per heavy atom. The average molecular weight is 208 g/mol. The summed E-state index contributed by atoms with van der Waals surface area (Å²) in [7, 11) is 1.45. The number of halogens is 1. The van der Waals surface area contributed by atoms with E-state index in [2.05, 4.69) is 4.74 Å². The second-order valence-electron chi connectivity index (χ2n) is 3.40. The molecule has 4 heteroatoms. The number of methoxy groups -OCH3 is 1. The van der Waals surface area contributed by atoms with Crippen molar-refractivity contribution in [1.29, 1.82) is 0 Å². The fourth-order valence-corrected chi connectivity index (χ4v) is 2.03. The van der Waals surface area contributed by atoms with Crippen LogP contribution in [0.4, 0.5) is 0 Å². The molecule has 0 unspecified atom stereocenters. The highest BCUT2D eigenvalue weighted by Crippen LogP contribution is 2.29. The highest BCUT2D eigenvalue weighted by Gasteiger charge is 2.26. The number of esters is 1. The third-order valence-electron chi connectivity index (χ3n) is 2.60. The van der Waals surface area contributed by atoms with Crippen molar-refractivity contribution in [2.45, 2.75) is 25.7 Å². The second kappa shape index (κ2) is 6.22. The SMILES string of the molecule is COC(=O)C1CCC(CCl)CC1.N. The predicted octanol–water partition coefficient (Wildman–Crippen LogP) is 2.37. The van der Waals surface area contributed by atoms with E-state index >= 15 is 0 Å². The lowest BCUT2D eigenvalue weighted by Gasteiger charge is -2.25. The van der Waals surface area contributed by atoms with Gasteiger partial charge < -0.3 is 10.9 Å². The molecule has 0 radical (unpaired) electrons. The summed E-state index contributed by atoms with van der Waals surface area (Å²) in [6.07, 6.45) is 4.04. The topological polar surface area (TPSA) is 61.3 Å². The molecular formula is C9H18ClNO2. The minimum absolute atomic E-state index is 0. The molecule has 3 N–H and O–H groups in total. The Kier molecular flexibility index (Phi) is 6.08. The van der Waals surface area contributed by atoms with Gasteiger partial charge in [-0.15, -0.1) is 11.6 Å². The van der Waals surface area contributed by atoms with Crippen molar-refractivity contribution in [3.8, 4) is 0 Å². The molecule has 1 saturated carbocycles. The number of rotatable bonds is 2. The maximum absolute atomic E-state index is 11.1. The summed E-state index contributed by atoms with van der Waals surface area (Å²) in [6, 6.07) is 0. The molecule has 13 heavy (non-hydrogen) atoms. The lowest BCUT2D eigenvalue weighted by atomic mass is 9.83. The lowest BCUT2D eigenvalue weighted by molar-refractivity contribution is -0.146. The monoisotopic (exact) mass is 207 g/mol. The quantitative estimate of drug-likeness (QED) is 0.559. The van der Waals surface area contributed by atoms with Crippen LogP contribution in [0, 0.1) is 11.8 Å². The van der Waals surface area contributed by atoms with Crippen LogP contribution in [-0.4, -0.2) is 19.0 Å². The number of carbonyl (C=O) groups excluding carboxylic acids is 1. The van der Waals surface area contributed by atoms with Crippen LogP contribution >= 0.6 is 11.6 Å². The highest BCUT2D eigenvalue weighted by molar-refractivity contribution is 6.18. The molecule has 0 atom stereocenters. The zero-order chi connectivity index (χ0) is 8.97. The molecule has 0 heterocycles. The first-order valence-corrected chi connectivity index (χ1v) is 4.95. The highest BCUT2D eigenvalue weighted by atomic mass is 35.5. The summed E-state index contributed by atoms with van der Waals surface area (Å²) in [5.74, 6) is 1.43. The summed E-state index contributed by atoms with van der Waals surface area (Å²) in [6.45, 7) is 0. The Morgan fingerprint density at radius 1 is 1.38 bits per heavy atom. The Morgan fingerprint density at radius 3 is 2.31 bits per heavy atom.